The third-order valence-electron chi connectivity index (χ3n) is 1.68. The van der Waals surface area contributed by atoms with Gasteiger partial charge in [-0.1, -0.05) is 16.9 Å². The Morgan fingerprint density at radius 2 is 2.44 bits per heavy atom. The summed E-state index contributed by atoms with van der Waals surface area (Å²) in [7, 11) is 0. The Hall–Kier alpha value is -1.96. The van der Waals surface area contributed by atoms with E-state index in [0.717, 1.165) is 0 Å². The first kappa shape index (κ1) is 10.6. The molecule has 0 bridgehead atoms. The Morgan fingerprint density at radius 1 is 1.56 bits per heavy atom. The average Bonchev–Trinajstić information content (AvgIpc) is 2.95. The molecule has 2 aromatic rings. The predicted octanol–water partition coefficient (Wildman–Crippen LogP) is 0.751. The molecule has 0 aliphatic heterocycles. The Balaban J connectivity index is 2.03. The van der Waals surface area contributed by atoms with Crippen molar-refractivity contribution < 1.29 is 8.94 Å². The second kappa shape index (κ2) is 4.71. The summed E-state index contributed by atoms with van der Waals surface area (Å²) < 4.78 is 10.1. The summed E-state index contributed by atoms with van der Waals surface area (Å²) in [4.78, 5) is 4.12. The lowest BCUT2D eigenvalue weighted by molar-refractivity contribution is 0.411. The molecule has 16 heavy (non-hydrogen) atoms. The van der Waals surface area contributed by atoms with Gasteiger partial charge in [-0.3, -0.25) is 0 Å². The summed E-state index contributed by atoms with van der Waals surface area (Å²) in [6, 6.07) is 3.48. The molecule has 0 aromatic carbocycles. The molecule has 84 valence electrons. The van der Waals surface area contributed by atoms with E-state index in [9.17, 15) is 0 Å². The molecule has 2 rings (SSSR count). The SMILES string of the molecule is NN=C(N)SCc1noc(-c2ccco2)n1. The summed E-state index contributed by atoms with van der Waals surface area (Å²) in [5.41, 5.74) is 5.41. The Bertz CT molecular complexity index is 478. The molecule has 0 aliphatic rings. The first-order chi connectivity index (χ1) is 7.79. The van der Waals surface area contributed by atoms with Crippen molar-refractivity contribution in [2.45, 2.75) is 5.75 Å². The number of hydrogen-bond acceptors (Lipinski definition) is 7. The van der Waals surface area contributed by atoms with Gasteiger partial charge in [0.2, 0.25) is 0 Å². The Labute approximate surface area is 94.9 Å². The highest BCUT2D eigenvalue weighted by Gasteiger charge is 2.11. The highest BCUT2D eigenvalue weighted by molar-refractivity contribution is 8.13. The van der Waals surface area contributed by atoms with Crippen molar-refractivity contribution in [3.8, 4) is 11.7 Å². The van der Waals surface area contributed by atoms with Crippen LogP contribution in [-0.4, -0.2) is 15.3 Å². The third-order valence-corrected chi connectivity index (χ3v) is 2.48. The molecule has 8 heteroatoms. The van der Waals surface area contributed by atoms with E-state index in [4.69, 9.17) is 20.5 Å². The largest absolute Gasteiger partial charge is 0.459 e. The monoisotopic (exact) mass is 239 g/mol. The molecular formula is C8H9N5O2S. The van der Waals surface area contributed by atoms with Crippen molar-refractivity contribution in [2.24, 2.45) is 16.7 Å². The summed E-state index contributed by atoms with van der Waals surface area (Å²) >= 11 is 1.23. The quantitative estimate of drug-likeness (QED) is 0.351. The zero-order valence-electron chi connectivity index (χ0n) is 8.16. The van der Waals surface area contributed by atoms with Crippen LogP contribution in [-0.2, 0) is 5.75 Å². The average molecular weight is 239 g/mol. The van der Waals surface area contributed by atoms with Gasteiger partial charge in [0.15, 0.2) is 16.8 Å². The van der Waals surface area contributed by atoms with Crippen LogP contribution in [0.3, 0.4) is 0 Å². The van der Waals surface area contributed by atoms with E-state index in [2.05, 4.69) is 15.2 Å². The number of rotatable bonds is 3. The molecule has 2 heterocycles. The first-order valence-electron chi connectivity index (χ1n) is 4.32. The number of amidine groups is 1. The summed E-state index contributed by atoms with van der Waals surface area (Å²) in [6.07, 6.45) is 1.53. The Morgan fingerprint density at radius 3 is 3.12 bits per heavy atom. The smallest absolute Gasteiger partial charge is 0.293 e. The normalized spacial score (nSPS) is 11.9. The fourth-order valence-corrected chi connectivity index (χ4v) is 1.46. The van der Waals surface area contributed by atoms with Crippen molar-refractivity contribution >= 4 is 16.9 Å². The topological polar surface area (TPSA) is 116 Å². The minimum absolute atomic E-state index is 0.268. The second-order valence-corrected chi connectivity index (χ2v) is 3.74. The fourth-order valence-electron chi connectivity index (χ4n) is 0.989. The van der Waals surface area contributed by atoms with Crippen molar-refractivity contribution in [1.29, 1.82) is 0 Å². The summed E-state index contributed by atoms with van der Waals surface area (Å²) in [5.74, 6) is 6.79. The third kappa shape index (κ3) is 2.34. The molecular weight excluding hydrogens is 230 g/mol. The zero-order valence-corrected chi connectivity index (χ0v) is 8.98. The van der Waals surface area contributed by atoms with Crippen LogP contribution in [0.25, 0.3) is 11.7 Å². The van der Waals surface area contributed by atoms with Gasteiger partial charge < -0.3 is 20.5 Å². The summed E-state index contributed by atoms with van der Waals surface area (Å²) in [5, 5.41) is 7.34. The van der Waals surface area contributed by atoms with Crippen molar-refractivity contribution in [2.75, 3.05) is 0 Å². The van der Waals surface area contributed by atoms with Gasteiger partial charge in [0.05, 0.1) is 12.0 Å². The molecule has 0 saturated carbocycles. The lowest BCUT2D eigenvalue weighted by Crippen LogP contribution is -2.09. The number of furan rings is 1. The maximum atomic E-state index is 5.41. The number of aromatic nitrogens is 2. The predicted molar refractivity (Wildman–Crippen MR) is 59.1 cm³/mol. The molecule has 0 atom stereocenters. The second-order valence-electron chi connectivity index (χ2n) is 2.75. The van der Waals surface area contributed by atoms with Crippen LogP contribution in [0.15, 0.2) is 32.4 Å². The molecule has 4 N–H and O–H groups in total. The molecule has 0 aliphatic carbocycles. The lowest BCUT2D eigenvalue weighted by Gasteiger charge is -1.92. The summed E-state index contributed by atoms with van der Waals surface area (Å²) in [6.45, 7) is 0. The number of nitrogens with two attached hydrogens (primary N) is 2. The van der Waals surface area contributed by atoms with Crippen LogP contribution in [0.1, 0.15) is 5.82 Å². The molecule has 2 aromatic heterocycles. The van der Waals surface area contributed by atoms with E-state index in [0.29, 0.717) is 23.2 Å². The van der Waals surface area contributed by atoms with Gasteiger partial charge in [0.1, 0.15) is 0 Å². The van der Waals surface area contributed by atoms with Gasteiger partial charge in [0, 0.05) is 0 Å². The van der Waals surface area contributed by atoms with Gasteiger partial charge in [-0.15, -0.1) is 0 Å². The van der Waals surface area contributed by atoms with Gasteiger partial charge in [-0.05, 0) is 12.1 Å². The number of hydrogen-bond donors (Lipinski definition) is 2. The number of thioether (sulfide) groups is 1. The van der Waals surface area contributed by atoms with Crippen LogP contribution in [0.5, 0.6) is 0 Å². The van der Waals surface area contributed by atoms with E-state index in [1.807, 2.05) is 0 Å². The molecule has 0 unspecified atom stereocenters. The maximum absolute atomic E-state index is 5.41. The minimum atomic E-state index is 0.268. The van der Waals surface area contributed by atoms with Gasteiger partial charge in [0.25, 0.3) is 5.89 Å². The van der Waals surface area contributed by atoms with Gasteiger partial charge in [-0.25, -0.2) is 0 Å². The molecule has 0 amide bonds. The van der Waals surface area contributed by atoms with E-state index < -0.39 is 0 Å². The zero-order chi connectivity index (χ0) is 11.4. The van der Waals surface area contributed by atoms with Crippen LogP contribution in [0.4, 0.5) is 0 Å². The lowest BCUT2D eigenvalue weighted by atomic mass is 10.4. The minimum Gasteiger partial charge on any atom is -0.459 e. The van der Waals surface area contributed by atoms with Crippen LogP contribution < -0.4 is 11.6 Å². The highest BCUT2D eigenvalue weighted by Crippen LogP contribution is 2.18. The van der Waals surface area contributed by atoms with Gasteiger partial charge >= 0.3 is 0 Å². The number of hydrazone groups is 1. The molecule has 0 spiro atoms. The molecule has 0 saturated heterocycles. The Kier molecular flexibility index (Phi) is 3.10. The maximum Gasteiger partial charge on any atom is 0.293 e. The van der Waals surface area contributed by atoms with Crippen LogP contribution in [0, 0.1) is 0 Å². The standard InChI is InChI=1S/C8H9N5O2S/c9-8(12-10)16-4-6-11-7(15-13-6)5-2-1-3-14-5/h1-3H,4,10H2,(H2,9,12). The van der Waals surface area contributed by atoms with Crippen molar-refractivity contribution in [1.82, 2.24) is 10.1 Å². The molecule has 0 fully saturated rings. The first-order valence-corrected chi connectivity index (χ1v) is 5.31. The molecule has 7 nitrogen and oxygen atoms in total. The van der Waals surface area contributed by atoms with Gasteiger partial charge in [-0.2, -0.15) is 10.1 Å². The van der Waals surface area contributed by atoms with E-state index in [-0.39, 0.29) is 5.17 Å². The fraction of sp³-hybridized carbons (Fsp3) is 0.125. The van der Waals surface area contributed by atoms with Crippen molar-refractivity contribution in [3.05, 3.63) is 24.2 Å². The highest BCUT2D eigenvalue weighted by atomic mass is 32.2. The van der Waals surface area contributed by atoms with E-state index in [1.54, 1.807) is 12.1 Å². The van der Waals surface area contributed by atoms with Crippen LogP contribution >= 0.6 is 11.8 Å². The number of nitrogens with zero attached hydrogens (tertiary/aromatic N) is 3. The molecule has 0 radical (unpaired) electrons. The van der Waals surface area contributed by atoms with E-state index >= 15 is 0 Å². The van der Waals surface area contributed by atoms with Crippen LogP contribution in [0.2, 0.25) is 0 Å². The van der Waals surface area contributed by atoms with E-state index in [1.165, 1.54) is 18.0 Å². The van der Waals surface area contributed by atoms with Crippen molar-refractivity contribution in [3.63, 3.8) is 0 Å².